The second-order valence-corrected chi connectivity index (χ2v) is 4.13. The summed E-state index contributed by atoms with van der Waals surface area (Å²) < 4.78 is 0. The average molecular weight is 182 g/mol. The molecule has 3 atom stereocenters. The number of likely N-dealkylation sites (tertiary alicyclic amines) is 1. The Bertz CT molecular complexity index is 205. The van der Waals surface area contributed by atoms with Crippen molar-refractivity contribution >= 4 is 5.91 Å². The molecule has 0 aromatic rings. The minimum absolute atomic E-state index is 0.211. The summed E-state index contributed by atoms with van der Waals surface area (Å²) in [7, 11) is 0. The first-order valence-corrected chi connectivity index (χ1v) is 5.28. The fourth-order valence-corrected chi connectivity index (χ4v) is 2.37. The number of rotatable bonds is 3. The number of piperidine rings is 1. The fraction of sp³-hybridized carbons (Fsp3) is 0.900. The van der Waals surface area contributed by atoms with E-state index in [1.165, 1.54) is 13.1 Å². The maximum Gasteiger partial charge on any atom is 0.219 e. The third-order valence-electron chi connectivity index (χ3n) is 3.37. The molecule has 0 aromatic carbocycles. The van der Waals surface area contributed by atoms with Crippen molar-refractivity contribution in [3.8, 4) is 0 Å². The Morgan fingerprint density at radius 3 is 2.46 bits per heavy atom. The third-order valence-corrected chi connectivity index (χ3v) is 3.37. The number of nitrogens with one attached hydrogen (secondary N) is 1. The van der Waals surface area contributed by atoms with Gasteiger partial charge in [0.15, 0.2) is 0 Å². The van der Waals surface area contributed by atoms with Crippen LogP contribution in [0.25, 0.3) is 0 Å². The quantitative estimate of drug-likeness (QED) is 0.688. The molecule has 0 bridgehead atoms. The van der Waals surface area contributed by atoms with Gasteiger partial charge in [-0.2, -0.15) is 0 Å². The molecule has 1 saturated carbocycles. The molecule has 1 N–H and O–H groups in total. The largest absolute Gasteiger partial charge is 0.353 e. The van der Waals surface area contributed by atoms with Crippen LogP contribution in [0.1, 0.15) is 20.3 Å². The number of hydrogen-bond donors (Lipinski definition) is 1. The van der Waals surface area contributed by atoms with Crippen molar-refractivity contribution in [2.45, 2.75) is 26.3 Å². The van der Waals surface area contributed by atoms with Crippen molar-refractivity contribution in [1.82, 2.24) is 10.2 Å². The van der Waals surface area contributed by atoms with Crippen molar-refractivity contribution < 1.29 is 4.79 Å². The molecule has 74 valence electrons. The van der Waals surface area contributed by atoms with Crippen molar-refractivity contribution in [3.05, 3.63) is 0 Å². The first-order chi connectivity index (χ1) is 6.26. The van der Waals surface area contributed by atoms with E-state index in [1.807, 2.05) is 6.92 Å². The normalized spacial score (nSPS) is 37.2. The van der Waals surface area contributed by atoms with E-state index in [0.717, 1.165) is 18.4 Å². The lowest BCUT2D eigenvalue weighted by molar-refractivity contribution is -0.121. The van der Waals surface area contributed by atoms with Crippen LogP contribution in [-0.2, 0) is 4.79 Å². The van der Waals surface area contributed by atoms with Crippen LogP contribution in [0.3, 0.4) is 0 Å². The number of hydrogen-bond acceptors (Lipinski definition) is 2. The first-order valence-electron chi connectivity index (χ1n) is 5.28. The molecule has 0 spiro atoms. The van der Waals surface area contributed by atoms with Gasteiger partial charge in [-0.25, -0.2) is 0 Å². The van der Waals surface area contributed by atoms with E-state index in [0.29, 0.717) is 12.5 Å². The number of nitrogens with zero attached hydrogens (tertiary/aromatic N) is 1. The summed E-state index contributed by atoms with van der Waals surface area (Å²) in [6.45, 7) is 7.64. The summed E-state index contributed by atoms with van der Waals surface area (Å²) in [6.07, 6.45) is 0.618. The lowest BCUT2D eigenvalue weighted by atomic mass is 10.3. The van der Waals surface area contributed by atoms with Crippen LogP contribution in [0.15, 0.2) is 0 Å². The number of carbonyl (C=O) groups excluding carboxylic acids is 1. The smallest absolute Gasteiger partial charge is 0.219 e. The predicted molar refractivity (Wildman–Crippen MR) is 51.3 cm³/mol. The van der Waals surface area contributed by atoms with E-state index in [-0.39, 0.29) is 5.91 Å². The summed E-state index contributed by atoms with van der Waals surface area (Å²) in [5.74, 6) is 1.73. The Labute approximate surface area is 79.5 Å². The van der Waals surface area contributed by atoms with Gasteiger partial charge in [-0.05, 0) is 18.4 Å². The standard InChI is InChI=1S/C10H18N2O/c1-3-9(13)11-10-7-5-12(4-2)6-8(7)10/h7-8,10H,3-6H2,1-2H3,(H,11,13)/t7-,8+,10?. The summed E-state index contributed by atoms with van der Waals surface area (Å²) >= 11 is 0. The summed E-state index contributed by atoms with van der Waals surface area (Å²) in [5, 5.41) is 3.08. The van der Waals surface area contributed by atoms with Crippen molar-refractivity contribution in [3.63, 3.8) is 0 Å². The third kappa shape index (κ3) is 1.57. The van der Waals surface area contributed by atoms with Crippen molar-refractivity contribution in [1.29, 1.82) is 0 Å². The Kier molecular flexibility index (Phi) is 2.28. The zero-order valence-corrected chi connectivity index (χ0v) is 8.42. The highest BCUT2D eigenvalue weighted by molar-refractivity contribution is 5.76. The molecule has 0 radical (unpaired) electrons. The predicted octanol–water partition coefficient (Wildman–Crippen LogP) is 0.463. The van der Waals surface area contributed by atoms with E-state index < -0.39 is 0 Å². The Balaban J connectivity index is 1.76. The fourth-order valence-electron chi connectivity index (χ4n) is 2.37. The Hall–Kier alpha value is -0.570. The van der Waals surface area contributed by atoms with Gasteiger partial charge in [0, 0.05) is 25.6 Å². The minimum Gasteiger partial charge on any atom is -0.353 e. The van der Waals surface area contributed by atoms with Gasteiger partial charge in [0.1, 0.15) is 0 Å². The lowest BCUT2D eigenvalue weighted by Crippen LogP contribution is -2.34. The highest BCUT2D eigenvalue weighted by Crippen LogP contribution is 2.45. The van der Waals surface area contributed by atoms with Crippen LogP contribution < -0.4 is 5.32 Å². The summed E-state index contributed by atoms with van der Waals surface area (Å²) in [5.41, 5.74) is 0. The highest BCUT2D eigenvalue weighted by Gasteiger charge is 2.55. The molecular formula is C10H18N2O. The summed E-state index contributed by atoms with van der Waals surface area (Å²) in [6, 6.07) is 0.509. The Morgan fingerprint density at radius 1 is 1.38 bits per heavy atom. The van der Waals surface area contributed by atoms with Gasteiger partial charge in [-0.15, -0.1) is 0 Å². The van der Waals surface area contributed by atoms with Crippen molar-refractivity contribution in [2.24, 2.45) is 11.8 Å². The molecule has 1 saturated heterocycles. The molecule has 3 heteroatoms. The zero-order chi connectivity index (χ0) is 9.42. The van der Waals surface area contributed by atoms with Gasteiger partial charge in [-0.1, -0.05) is 13.8 Å². The molecule has 2 aliphatic rings. The molecule has 1 heterocycles. The van der Waals surface area contributed by atoms with Gasteiger partial charge in [0.2, 0.25) is 5.91 Å². The molecule has 13 heavy (non-hydrogen) atoms. The second kappa shape index (κ2) is 3.29. The van der Waals surface area contributed by atoms with E-state index >= 15 is 0 Å². The minimum atomic E-state index is 0.211. The maximum atomic E-state index is 11.1. The topological polar surface area (TPSA) is 32.3 Å². The zero-order valence-electron chi connectivity index (χ0n) is 8.42. The maximum absolute atomic E-state index is 11.1. The van der Waals surface area contributed by atoms with E-state index in [9.17, 15) is 4.79 Å². The van der Waals surface area contributed by atoms with Gasteiger partial charge >= 0.3 is 0 Å². The second-order valence-electron chi connectivity index (χ2n) is 4.13. The van der Waals surface area contributed by atoms with Crippen molar-refractivity contribution in [2.75, 3.05) is 19.6 Å². The molecule has 2 fully saturated rings. The lowest BCUT2D eigenvalue weighted by Gasteiger charge is -2.17. The highest BCUT2D eigenvalue weighted by atomic mass is 16.1. The molecule has 1 aliphatic heterocycles. The van der Waals surface area contributed by atoms with Gasteiger partial charge < -0.3 is 10.2 Å². The molecular weight excluding hydrogens is 164 g/mol. The molecule has 1 amide bonds. The number of fused-ring (bicyclic) bond motifs is 1. The molecule has 0 aromatic heterocycles. The molecule has 3 nitrogen and oxygen atoms in total. The van der Waals surface area contributed by atoms with Crippen LogP contribution in [-0.4, -0.2) is 36.5 Å². The van der Waals surface area contributed by atoms with Crippen LogP contribution in [0.2, 0.25) is 0 Å². The van der Waals surface area contributed by atoms with E-state index in [1.54, 1.807) is 0 Å². The SMILES string of the molecule is CCC(=O)NC1[C@H]2CN(CC)C[C@@H]12. The average Bonchev–Trinajstić information content (AvgIpc) is 2.64. The van der Waals surface area contributed by atoms with Gasteiger partial charge in [0.05, 0.1) is 0 Å². The van der Waals surface area contributed by atoms with E-state index in [4.69, 9.17) is 0 Å². The summed E-state index contributed by atoms with van der Waals surface area (Å²) in [4.78, 5) is 13.6. The van der Waals surface area contributed by atoms with Gasteiger partial charge in [0.25, 0.3) is 0 Å². The number of amides is 1. The molecule has 2 rings (SSSR count). The number of carbonyl (C=O) groups is 1. The molecule has 1 unspecified atom stereocenters. The van der Waals surface area contributed by atoms with E-state index in [2.05, 4.69) is 17.1 Å². The van der Waals surface area contributed by atoms with Crippen LogP contribution in [0.4, 0.5) is 0 Å². The monoisotopic (exact) mass is 182 g/mol. The molecule has 1 aliphatic carbocycles. The van der Waals surface area contributed by atoms with Gasteiger partial charge in [-0.3, -0.25) is 4.79 Å². The van der Waals surface area contributed by atoms with Crippen LogP contribution in [0, 0.1) is 11.8 Å². The van der Waals surface area contributed by atoms with Crippen LogP contribution in [0.5, 0.6) is 0 Å². The van der Waals surface area contributed by atoms with Crippen LogP contribution >= 0.6 is 0 Å². The Morgan fingerprint density at radius 2 is 2.00 bits per heavy atom. The first kappa shape index (κ1) is 9.00.